The van der Waals surface area contributed by atoms with Gasteiger partial charge in [-0.15, -0.1) is 5.10 Å². The van der Waals surface area contributed by atoms with E-state index in [1.165, 1.54) is 0 Å². The molecule has 0 amide bonds. The summed E-state index contributed by atoms with van der Waals surface area (Å²) in [7, 11) is 0. The average Bonchev–Trinajstić information content (AvgIpc) is 2.16. The fourth-order valence-electron chi connectivity index (χ4n) is 1.36. The Bertz CT molecular complexity index is 429. The van der Waals surface area contributed by atoms with E-state index in [1.54, 1.807) is 13.8 Å². The van der Waals surface area contributed by atoms with Crippen LogP contribution in [0.15, 0.2) is 0 Å². The van der Waals surface area contributed by atoms with Crippen molar-refractivity contribution in [2.24, 2.45) is 0 Å². The number of hydrogen-bond donors (Lipinski definition) is 1. The second-order valence-corrected chi connectivity index (χ2v) is 3.67. The van der Waals surface area contributed by atoms with E-state index in [4.69, 9.17) is 14.6 Å². The summed E-state index contributed by atoms with van der Waals surface area (Å²) in [4.78, 5) is 11.1. The first-order valence-electron chi connectivity index (χ1n) is 4.91. The van der Waals surface area contributed by atoms with Crippen molar-refractivity contribution in [3.8, 4) is 5.88 Å². The summed E-state index contributed by atoms with van der Waals surface area (Å²) >= 11 is 0. The van der Waals surface area contributed by atoms with Gasteiger partial charge in [0.05, 0.1) is 18.9 Å². The van der Waals surface area contributed by atoms with Crippen LogP contribution in [-0.4, -0.2) is 40.6 Å². The van der Waals surface area contributed by atoms with Crippen molar-refractivity contribution in [1.82, 2.24) is 10.2 Å². The van der Waals surface area contributed by atoms with Crippen molar-refractivity contribution in [2.45, 2.75) is 20.0 Å². The van der Waals surface area contributed by atoms with Crippen LogP contribution in [0.4, 0.5) is 0 Å². The predicted octanol–water partition coefficient (Wildman–Crippen LogP) is 0.569. The lowest BCUT2D eigenvalue weighted by Crippen LogP contribution is -2.39. The monoisotopic (exact) mass is 224 g/mol. The molecule has 0 bridgehead atoms. The van der Waals surface area contributed by atoms with Gasteiger partial charge in [0.15, 0.2) is 0 Å². The number of carbonyl (C=O) groups is 1. The molecule has 6 heteroatoms. The van der Waals surface area contributed by atoms with Crippen LogP contribution in [-0.2, 0) is 4.74 Å². The lowest BCUT2D eigenvalue weighted by molar-refractivity contribution is -0.0819. The molecule has 0 atom stereocenters. The number of carboxylic acid groups (broad SMARTS) is 1. The SMILES string of the molecule is Cc1nnc(OC2COC2)c(C(=O)O)c1C. The molecule has 1 aliphatic rings. The zero-order valence-electron chi connectivity index (χ0n) is 9.06. The summed E-state index contributed by atoms with van der Waals surface area (Å²) in [5.41, 5.74) is 1.26. The fraction of sp³-hybridized carbons (Fsp3) is 0.500. The number of nitrogens with zero attached hydrogens (tertiary/aromatic N) is 2. The largest absolute Gasteiger partial charge is 0.477 e. The Balaban J connectivity index is 2.35. The van der Waals surface area contributed by atoms with Crippen LogP contribution in [0.2, 0.25) is 0 Å². The summed E-state index contributed by atoms with van der Waals surface area (Å²) < 4.78 is 10.3. The fourth-order valence-corrected chi connectivity index (χ4v) is 1.36. The quantitative estimate of drug-likeness (QED) is 0.808. The van der Waals surface area contributed by atoms with Crippen molar-refractivity contribution in [2.75, 3.05) is 13.2 Å². The minimum absolute atomic E-state index is 0.0731. The molecule has 0 spiro atoms. The van der Waals surface area contributed by atoms with Crippen LogP contribution in [0.25, 0.3) is 0 Å². The zero-order valence-corrected chi connectivity index (χ0v) is 9.06. The van der Waals surface area contributed by atoms with Gasteiger partial charge in [0.2, 0.25) is 5.88 Å². The van der Waals surface area contributed by atoms with E-state index >= 15 is 0 Å². The van der Waals surface area contributed by atoms with Crippen molar-refractivity contribution in [1.29, 1.82) is 0 Å². The molecule has 1 aliphatic heterocycles. The molecule has 6 nitrogen and oxygen atoms in total. The number of aromatic nitrogens is 2. The summed E-state index contributed by atoms with van der Waals surface area (Å²) in [6.07, 6.45) is -0.116. The van der Waals surface area contributed by atoms with Gasteiger partial charge in [-0.3, -0.25) is 0 Å². The van der Waals surface area contributed by atoms with E-state index in [-0.39, 0.29) is 17.5 Å². The maximum absolute atomic E-state index is 11.1. The molecule has 2 rings (SSSR count). The third kappa shape index (κ3) is 1.83. The highest BCUT2D eigenvalue weighted by Crippen LogP contribution is 2.22. The minimum atomic E-state index is -1.05. The minimum Gasteiger partial charge on any atom is -0.477 e. The molecule has 0 aromatic carbocycles. The molecule has 0 unspecified atom stereocenters. The molecule has 1 aromatic heterocycles. The number of ether oxygens (including phenoxy) is 2. The van der Waals surface area contributed by atoms with Crippen LogP contribution in [0, 0.1) is 13.8 Å². The van der Waals surface area contributed by atoms with E-state index in [9.17, 15) is 4.79 Å². The maximum Gasteiger partial charge on any atom is 0.341 e. The van der Waals surface area contributed by atoms with E-state index in [2.05, 4.69) is 10.2 Å². The maximum atomic E-state index is 11.1. The van der Waals surface area contributed by atoms with Gasteiger partial charge in [-0.05, 0) is 19.4 Å². The second-order valence-electron chi connectivity index (χ2n) is 3.67. The number of carboxylic acids is 1. The van der Waals surface area contributed by atoms with E-state index in [0.29, 0.717) is 24.5 Å². The van der Waals surface area contributed by atoms with Gasteiger partial charge in [0.25, 0.3) is 0 Å². The third-order valence-corrected chi connectivity index (χ3v) is 2.52. The first kappa shape index (κ1) is 10.8. The summed E-state index contributed by atoms with van der Waals surface area (Å²) in [6, 6.07) is 0. The first-order valence-corrected chi connectivity index (χ1v) is 4.91. The Kier molecular flexibility index (Phi) is 2.74. The molecule has 0 saturated carbocycles. The van der Waals surface area contributed by atoms with Crippen LogP contribution >= 0.6 is 0 Å². The van der Waals surface area contributed by atoms with E-state index in [0.717, 1.165) is 0 Å². The Labute approximate surface area is 92.2 Å². The average molecular weight is 224 g/mol. The van der Waals surface area contributed by atoms with Crippen LogP contribution < -0.4 is 4.74 Å². The molecule has 16 heavy (non-hydrogen) atoms. The van der Waals surface area contributed by atoms with Crippen molar-refractivity contribution >= 4 is 5.97 Å². The summed E-state index contributed by atoms with van der Waals surface area (Å²) in [5, 5.41) is 16.7. The first-order chi connectivity index (χ1) is 7.59. The second kappa shape index (κ2) is 4.05. The highest BCUT2D eigenvalue weighted by molar-refractivity contribution is 5.92. The van der Waals surface area contributed by atoms with E-state index in [1.807, 2.05) is 0 Å². The molecule has 1 aromatic rings. The summed E-state index contributed by atoms with van der Waals surface area (Å²) in [5.74, 6) is -0.977. The van der Waals surface area contributed by atoms with Crippen LogP contribution in [0.3, 0.4) is 0 Å². The Morgan fingerprint density at radius 3 is 2.62 bits per heavy atom. The molecule has 1 saturated heterocycles. The van der Waals surface area contributed by atoms with Gasteiger partial charge >= 0.3 is 5.97 Å². The van der Waals surface area contributed by atoms with Gasteiger partial charge in [-0.2, -0.15) is 5.10 Å². The topological polar surface area (TPSA) is 81.5 Å². The standard InChI is InChI=1S/C10H12N2O4/c1-5-6(2)11-12-9(8(5)10(13)14)16-7-3-15-4-7/h7H,3-4H2,1-2H3,(H,13,14). The van der Waals surface area contributed by atoms with Crippen molar-refractivity contribution in [3.05, 3.63) is 16.8 Å². The van der Waals surface area contributed by atoms with Crippen LogP contribution in [0.1, 0.15) is 21.6 Å². The summed E-state index contributed by atoms with van der Waals surface area (Å²) in [6.45, 7) is 4.34. The van der Waals surface area contributed by atoms with Gasteiger partial charge in [-0.1, -0.05) is 0 Å². The number of rotatable bonds is 3. The van der Waals surface area contributed by atoms with Gasteiger partial charge in [0, 0.05) is 0 Å². The highest BCUT2D eigenvalue weighted by atomic mass is 16.6. The Hall–Kier alpha value is -1.69. The third-order valence-electron chi connectivity index (χ3n) is 2.52. The van der Waals surface area contributed by atoms with Gasteiger partial charge in [0.1, 0.15) is 11.7 Å². The molecule has 1 fully saturated rings. The van der Waals surface area contributed by atoms with Crippen molar-refractivity contribution < 1.29 is 19.4 Å². The Morgan fingerprint density at radius 1 is 1.44 bits per heavy atom. The van der Waals surface area contributed by atoms with Crippen LogP contribution in [0.5, 0.6) is 5.88 Å². The lowest BCUT2D eigenvalue weighted by atomic mass is 10.1. The zero-order chi connectivity index (χ0) is 11.7. The predicted molar refractivity (Wildman–Crippen MR) is 53.7 cm³/mol. The highest BCUT2D eigenvalue weighted by Gasteiger charge is 2.25. The number of hydrogen-bond acceptors (Lipinski definition) is 5. The molecule has 86 valence electrons. The number of aryl methyl sites for hydroxylation is 1. The Morgan fingerprint density at radius 2 is 2.12 bits per heavy atom. The molecular weight excluding hydrogens is 212 g/mol. The van der Waals surface area contributed by atoms with Crippen molar-refractivity contribution in [3.63, 3.8) is 0 Å². The molecule has 1 N–H and O–H groups in total. The normalized spacial score (nSPS) is 15.6. The molecular formula is C10H12N2O4. The van der Waals surface area contributed by atoms with E-state index < -0.39 is 5.97 Å². The molecule has 0 radical (unpaired) electrons. The molecule has 2 heterocycles. The smallest absolute Gasteiger partial charge is 0.341 e. The van der Waals surface area contributed by atoms with Gasteiger partial charge < -0.3 is 14.6 Å². The van der Waals surface area contributed by atoms with Gasteiger partial charge in [-0.25, -0.2) is 4.79 Å². The lowest BCUT2D eigenvalue weighted by Gasteiger charge is -2.26. The molecule has 0 aliphatic carbocycles. The number of aromatic carboxylic acids is 1.